The van der Waals surface area contributed by atoms with Crippen LogP contribution < -0.4 is 0 Å². The molecule has 4 nitrogen and oxygen atoms in total. The molecule has 0 heterocycles. The molecule has 0 unspecified atom stereocenters. The van der Waals surface area contributed by atoms with Crippen molar-refractivity contribution in [2.75, 3.05) is 39.4 Å². The van der Waals surface area contributed by atoms with Gasteiger partial charge in [-0.15, -0.1) is 0 Å². The fourth-order valence-corrected chi connectivity index (χ4v) is 0.447. The second-order valence-electron chi connectivity index (χ2n) is 3.16. The summed E-state index contributed by atoms with van der Waals surface area (Å²) in [5, 5.41) is 23.7. The van der Waals surface area contributed by atoms with Crippen molar-refractivity contribution < 1.29 is 36.1 Å². The molecule has 0 rings (SSSR count). The minimum Gasteiger partial charge on any atom is -0.663 e. The van der Waals surface area contributed by atoms with E-state index in [2.05, 4.69) is 10.6 Å². The third-order valence-electron chi connectivity index (χ3n) is 1.34. The van der Waals surface area contributed by atoms with Gasteiger partial charge in [0.1, 0.15) is 0 Å². The summed E-state index contributed by atoms with van der Waals surface area (Å²) < 4.78 is 0. The number of hydrogen-bond acceptors (Lipinski definition) is 2. The first-order valence-electron chi connectivity index (χ1n) is 7.14. The van der Waals surface area contributed by atoms with Gasteiger partial charge in [0.25, 0.3) is 0 Å². The summed E-state index contributed by atoms with van der Waals surface area (Å²) in [4.78, 5) is 0. The van der Waals surface area contributed by atoms with Crippen molar-refractivity contribution in [1.29, 1.82) is 0 Å². The van der Waals surface area contributed by atoms with Gasteiger partial charge in [0, 0.05) is 39.1 Å². The van der Waals surface area contributed by atoms with E-state index in [9.17, 15) is 0 Å². The minimum atomic E-state index is 0. The summed E-state index contributed by atoms with van der Waals surface area (Å²) in [6, 6.07) is 0. The first-order valence-corrected chi connectivity index (χ1v) is 7.14. The van der Waals surface area contributed by atoms with E-state index in [0.29, 0.717) is 13.2 Å². The molecule has 2 N–H and O–H groups in total. The summed E-state index contributed by atoms with van der Waals surface area (Å²) in [6.07, 6.45) is 1.75. The van der Waals surface area contributed by atoms with Crippen LogP contribution in [-0.2, 0) is 25.8 Å². The Hall–Kier alpha value is 0.710. The molecule has 0 aliphatic rings. The molecule has 0 aromatic carbocycles. The summed E-state index contributed by atoms with van der Waals surface area (Å²) in [5.74, 6) is 0. The van der Waals surface area contributed by atoms with E-state index >= 15 is 0 Å². The van der Waals surface area contributed by atoms with Crippen LogP contribution in [0.15, 0.2) is 0 Å². The van der Waals surface area contributed by atoms with Crippen LogP contribution in [0.5, 0.6) is 0 Å². The third kappa shape index (κ3) is 116. The van der Waals surface area contributed by atoms with Crippen LogP contribution in [0.4, 0.5) is 0 Å². The second kappa shape index (κ2) is 51.2. The Morgan fingerprint density at radius 1 is 0.579 bits per heavy atom. The maximum Gasteiger partial charge on any atom is 0.0428 e. The molecule has 0 atom stereocenters. The monoisotopic (exact) mass is 444 g/mol. The summed E-state index contributed by atoms with van der Waals surface area (Å²) in [7, 11) is 0. The average Bonchev–Trinajstić information content (AvgIpc) is 2.42. The minimum absolute atomic E-state index is 0. The van der Waals surface area contributed by atoms with E-state index in [4.69, 9.17) is 10.2 Å². The van der Waals surface area contributed by atoms with Crippen molar-refractivity contribution in [1.82, 2.24) is 0 Å². The molecule has 120 valence electrons. The Morgan fingerprint density at radius 2 is 0.737 bits per heavy atom. The Bertz CT molecular complexity index is 71.8. The molecule has 0 aliphatic carbocycles. The van der Waals surface area contributed by atoms with E-state index in [1.807, 2.05) is 41.5 Å². The van der Waals surface area contributed by atoms with Crippen molar-refractivity contribution in [2.45, 2.75) is 54.4 Å². The smallest absolute Gasteiger partial charge is 0.0428 e. The van der Waals surface area contributed by atoms with Crippen molar-refractivity contribution in [3.8, 4) is 0 Å². The van der Waals surface area contributed by atoms with Gasteiger partial charge in [-0.25, -0.2) is 0 Å². The molecule has 0 aromatic rings. The van der Waals surface area contributed by atoms with E-state index in [-0.39, 0.29) is 25.8 Å². The predicted octanol–water partition coefficient (Wildman–Crippen LogP) is 3.57. The van der Waals surface area contributed by atoms with Crippen LogP contribution in [0, 0.1) is 0 Å². The molecule has 0 saturated heterocycles. The fourth-order valence-electron chi connectivity index (χ4n) is 0.447. The SMILES string of the molecule is CCCO.CCCO.CC[N-]CC.CC[N-]CC.[Hf]. The zero-order valence-corrected chi connectivity index (χ0v) is 17.5. The first-order chi connectivity index (χ1) is 8.66. The van der Waals surface area contributed by atoms with E-state index in [1.165, 1.54) is 0 Å². The largest absolute Gasteiger partial charge is 0.663 e. The maximum absolute atomic E-state index is 7.88. The number of aliphatic hydroxyl groups excluding tert-OH is 2. The van der Waals surface area contributed by atoms with Gasteiger partial charge in [-0.2, -0.15) is 26.2 Å². The summed E-state index contributed by atoms with van der Waals surface area (Å²) in [6.45, 7) is 16.6. The molecule has 0 amide bonds. The van der Waals surface area contributed by atoms with Gasteiger partial charge in [0.2, 0.25) is 0 Å². The standard InChI is InChI=1S/2C4H10N.2C3H8O.Hf/c2*1-3-5-4-2;2*1-2-3-4;/h2*3-4H2,1-2H3;2*4H,2-3H2,1H3;/q2*-1;;;. The predicted molar refractivity (Wildman–Crippen MR) is 83.6 cm³/mol. The van der Waals surface area contributed by atoms with Crippen LogP contribution in [0.3, 0.4) is 0 Å². The van der Waals surface area contributed by atoms with Gasteiger partial charge in [0.05, 0.1) is 0 Å². The van der Waals surface area contributed by atoms with E-state index < -0.39 is 0 Å². The molecular weight excluding hydrogens is 407 g/mol. The zero-order chi connectivity index (χ0) is 15.1. The molecule has 5 heteroatoms. The van der Waals surface area contributed by atoms with Gasteiger partial charge in [0.15, 0.2) is 0 Å². The normalized spacial score (nSPS) is 7.58. The van der Waals surface area contributed by atoms with E-state index in [0.717, 1.165) is 39.0 Å². The molecule has 19 heavy (non-hydrogen) atoms. The van der Waals surface area contributed by atoms with Crippen LogP contribution in [0.2, 0.25) is 0 Å². The quantitative estimate of drug-likeness (QED) is 0.617. The Kier molecular flexibility index (Phi) is 85.9. The van der Waals surface area contributed by atoms with Gasteiger partial charge >= 0.3 is 0 Å². The van der Waals surface area contributed by atoms with Gasteiger partial charge < -0.3 is 20.8 Å². The van der Waals surface area contributed by atoms with Crippen LogP contribution in [-0.4, -0.2) is 49.6 Å². The Morgan fingerprint density at radius 3 is 0.737 bits per heavy atom. The Labute approximate surface area is 140 Å². The maximum atomic E-state index is 7.88. The molecule has 0 bridgehead atoms. The molecule has 0 saturated carbocycles. The van der Waals surface area contributed by atoms with Crippen LogP contribution in [0.1, 0.15) is 54.4 Å². The first kappa shape index (κ1) is 31.9. The third-order valence-corrected chi connectivity index (χ3v) is 1.34. The summed E-state index contributed by atoms with van der Waals surface area (Å²) >= 11 is 0. The number of rotatable bonds is 6. The molecule has 0 aromatic heterocycles. The van der Waals surface area contributed by atoms with E-state index in [1.54, 1.807) is 0 Å². The second-order valence-corrected chi connectivity index (χ2v) is 3.16. The fraction of sp³-hybridized carbons (Fsp3) is 1.00. The number of nitrogens with zero attached hydrogens (tertiary/aromatic N) is 2. The van der Waals surface area contributed by atoms with Crippen LogP contribution >= 0.6 is 0 Å². The summed E-state index contributed by atoms with van der Waals surface area (Å²) in [5.41, 5.74) is 0. The van der Waals surface area contributed by atoms with Crippen molar-refractivity contribution in [2.24, 2.45) is 0 Å². The van der Waals surface area contributed by atoms with Crippen molar-refractivity contribution in [3.63, 3.8) is 0 Å². The van der Waals surface area contributed by atoms with Crippen LogP contribution in [0.25, 0.3) is 10.6 Å². The number of hydrogen-bond donors (Lipinski definition) is 2. The number of aliphatic hydroxyl groups is 2. The average molecular weight is 443 g/mol. The van der Waals surface area contributed by atoms with Crippen molar-refractivity contribution >= 4 is 0 Å². The van der Waals surface area contributed by atoms with Gasteiger partial charge in [-0.3, -0.25) is 0 Å². The topological polar surface area (TPSA) is 68.7 Å². The Balaban J connectivity index is -0.0000000453. The molecular formula is C14H36HfN2O2-2. The van der Waals surface area contributed by atoms with Crippen molar-refractivity contribution in [3.05, 3.63) is 10.6 Å². The molecule has 0 radical (unpaired) electrons. The van der Waals surface area contributed by atoms with Gasteiger partial charge in [-0.05, 0) is 12.8 Å². The van der Waals surface area contributed by atoms with Gasteiger partial charge in [-0.1, -0.05) is 41.5 Å². The molecule has 0 spiro atoms. The molecule has 0 aliphatic heterocycles. The molecule has 0 fully saturated rings. The zero-order valence-electron chi connectivity index (χ0n) is 13.9.